The van der Waals surface area contributed by atoms with Crippen LogP contribution < -0.4 is 11.1 Å². The molecule has 2 heterocycles. The summed E-state index contributed by atoms with van der Waals surface area (Å²) in [5, 5.41) is 3.41. The number of hydrogen-bond donors (Lipinski definition) is 2. The van der Waals surface area contributed by atoms with Gasteiger partial charge in [-0.1, -0.05) is 18.2 Å². The lowest BCUT2D eigenvalue weighted by Crippen LogP contribution is -2.11. The molecule has 4 nitrogen and oxygen atoms in total. The van der Waals surface area contributed by atoms with Crippen LogP contribution in [0, 0.1) is 0 Å². The van der Waals surface area contributed by atoms with Gasteiger partial charge in [0.05, 0.1) is 6.04 Å². The Hall–Kier alpha value is -2.10. The standard InChI is InChI=1S/C12H12N4/c13-12-11(14-5-6-15-12)10-7-8-3-1-2-4-9(8)16-10/h1-6,10,16H,7H2,(H2,13,15). The second-order valence-corrected chi connectivity index (χ2v) is 3.89. The van der Waals surface area contributed by atoms with E-state index in [1.54, 1.807) is 12.4 Å². The number of aromatic nitrogens is 2. The Kier molecular flexibility index (Phi) is 1.99. The van der Waals surface area contributed by atoms with Crippen LogP contribution in [0.4, 0.5) is 11.5 Å². The van der Waals surface area contributed by atoms with Crippen molar-refractivity contribution in [3.63, 3.8) is 0 Å². The highest BCUT2D eigenvalue weighted by atomic mass is 15.0. The molecule has 0 aliphatic carbocycles. The zero-order valence-corrected chi connectivity index (χ0v) is 8.72. The van der Waals surface area contributed by atoms with Crippen LogP contribution in [-0.2, 0) is 6.42 Å². The Labute approximate surface area is 93.5 Å². The van der Waals surface area contributed by atoms with Crippen LogP contribution in [0.25, 0.3) is 0 Å². The molecule has 80 valence electrons. The second-order valence-electron chi connectivity index (χ2n) is 3.89. The van der Waals surface area contributed by atoms with Gasteiger partial charge in [-0.3, -0.25) is 4.98 Å². The van der Waals surface area contributed by atoms with Crippen molar-refractivity contribution in [1.82, 2.24) is 9.97 Å². The maximum Gasteiger partial charge on any atom is 0.147 e. The molecule has 4 heteroatoms. The number of hydrogen-bond acceptors (Lipinski definition) is 4. The molecule has 0 fully saturated rings. The maximum absolute atomic E-state index is 5.82. The third-order valence-electron chi connectivity index (χ3n) is 2.86. The van der Waals surface area contributed by atoms with E-state index in [-0.39, 0.29) is 6.04 Å². The molecule has 2 aromatic rings. The summed E-state index contributed by atoms with van der Waals surface area (Å²) in [5.41, 5.74) is 9.12. The van der Waals surface area contributed by atoms with E-state index in [0.717, 1.165) is 17.8 Å². The van der Waals surface area contributed by atoms with Crippen LogP contribution >= 0.6 is 0 Å². The summed E-state index contributed by atoms with van der Waals surface area (Å²) in [6.07, 6.45) is 4.20. The largest absolute Gasteiger partial charge is 0.382 e. The Morgan fingerprint density at radius 2 is 2.00 bits per heavy atom. The van der Waals surface area contributed by atoms with Crippen molar-refractivity contribution in [2.24, 2.45) is 0 Å². The lowest BCUT2D eigenvalue weighted by molar-refractivity contribution is 0.784. The summed E-state index contributed by atoms with van der Waals surface area (Å²) in [7, 11) is 0. The average molecular weight is 212 g/mol. The van der Waals surface area contributed by atoms with Crippen LogP contribution in [0.5, 0.6) is 0 Å². The first kappa shape index (κ1) is 9.15. The van der Waals surface area contributed by atoms with Crippen LogP contribution in [0.3, 0.4) is 0 Å². The van der Waals surface area contributed by atoms with Gasteiger partial charge in [-0.25, -0.2) is 4.98 Å². The number of fused-ring (bicyclic) bond motifs is 1. The van der Waals surface area contributed by atoms with Gasteiger partial charge in [0, 0.05) is 24.5 Å². The number of benzene rings is 1. The van der Waals surface area contributed by atoms with Gasteiger partial charge in [0.1, 0.15) is 11.5 Å². The highest BCUT2D eigenvalue weighted by Gasteiger charge is 2.24. The number of nitrogen functional groups attached to an aromatic ring is 1. The molecule has 0 radical (unpaired) electrons. The van der Waals surface area contributed by atoms with E-state index < -0.39 is 0 Å². The SMILES string of the molecule is Nc1nccnc1C1Cc2ccccc2N1. The van der Waals surface area contributed by atoms with Gasteiger partial charge in [0.25, 0.3) is 0 Å². The van der Waals surface area contributed by atoms with Crippen molar-refractivity contribution in [2.75, 3.05) is 11.1 Å². The van der Waals surface area contributed by atoms with E-state index in [1.165, 1.54) is 5.56 Å². The summed E-state index contributed by atoms with van der Waals surface area (Å²) >= 11 is 0. The van der Waals surface area contributed by atoms with Crippen molar-refractivity contribution >= 4 is 11.5 Å². The maximum atomic E-state index is 5.82. The summed E-state index contributed by atoms with van der Waals surface area (Å²) in [6, 6.07) is 8.40. The van der Waals surface area contributed by atoms with Crippen molar-refractivity contribution in [3.8, 4) is 0 Å². The topological polar surface area (TPSA) is 63.8 Å². The molecular formula is C12H12N4. The third-order valence-corrected chi connectivity index (χ3v) is 2.86. The van der Waals surface area contributed by atoms with E-state index in [9.17, 15) is 0 Å². The Balaban J connectivity index is 1.95. The molecule has 1 atom stereocenters. The van der Waals surface area contributed by atoms with Gasteiger partial charge in [-0.05, 0) is 11.6 Å². The summed E-state index contributed by atoms with van der Waals surface area (Å²) in [4.78, 5) is 8.36. The van der Waals surface area contributed by atoms with E-state index >= 15 is 0 Å². The van der Waals surface area contributed by atoms with Crippen LogP contribution in [-0.4, -0.2) is 9.97 Å². The fraction of sp³-hybridized carbons (Fsp3) is 0.167. The number of nitrogens with two attached hydrogens (primary N) is 1. The molecule has 0 bridgehead atoms. The molecule has 1 unspecified atom stereocenters. The fourth-order valence-corrected chi connectivity index (χ4v) is 2.09. The smallest absolute Gasteiger partial charge is 0.147 e. The molecule has 1 aliphatic rings. The van der Waals surface area contributed by atoms with Crippen LogP contribution in [0.1, 0.15) is 17.3 Å². The number of nitrogens with one attached hydrogen (secondary N) is 1. The second kappa shape index (κ2) is 3.48. The molecule has 0 amide bonds. The van der Waals surface area contributed by atoms with E-state index in [0.29, 0.717) is 5.82 Å². The Morgan fingerprint density at radius 1 is 1.19 bits per heavy atom. The summed E-state index contributed by atoms with van der Waals surface area (Å²) < 4.78 is 0. The molecule has 1 aromatic heterocycles. The lowest BCUT2D eigenvalue weighted by Gasteiger charge is -2.11. The first-order valence-corrected chi connectivity index (χ1v) is 5.25. The Bertz CT molecular complexity index is 499. The molecule has 0 spiro atoms. The molecule has 0 saturated carbocycles. The Morgan fingerprint density at radius 3 is 2.81 bits per heavy atom. The molecule has 3 rings (SSSR count). The first-order valence-electron chi connectivity index (χ1n) is 5.25. The van der Waals surface area contributed by atoms with Gasteiger partial charge < -0.3 is 11.1 Å². The normalized spacial score (nSPS) is 17.9. The van der Waals surface area contributed by atoms with Crippen molar-refractivity contribution < 1.29 is 0 Å². The number of nitrogens with zero attached hydrogens (tertiary/aromatic N) is 2. The van der Waals surface area contributed by atoms with E-state index in [1.807, 2.05) is 12.1 Å². The molecule has 1 aliphatic heterocycles. The highest BCUT2D eigenvalue weighted by molar-refractivity contribution is 5.59. The van der Waals surface area contributed by atoms with Crippen LogP contribution in [0.15, 0.2) is 36.7 Å². The molecule has 16 heavy (non-hydrogen) atoms. The predicted octanol–water partition coefficient (Wildman–Crippen LogP) is 1.77. The van der Waals surface area contributed by atoms with Crippen molar-refractivity contribution in [2.45, 2.75) is 12.5 Å². The van der Waals surface area contributed by atoms with Gasteiger partial charge >= 0.3 is 0 Å². The molecule has 0 saturated heterocycles. The predicted molar refractivity (Wildman–Crippen MR) is 63.0 cm³/mol. The number of para-hydroxylation sites is 1. The van der Waals surface area contributed by atoms with Crippen molar-refractivity contribution in [1.29, 1.82) is 0 Å². The zero-order chi connectivity index (χ0) is 11.0. The minimum absolute atomic E-state index is 0.145. The number of anilines is 2. The highest BCUT2D eigenvalue weighted by Crippen LogP contribution is 2.34. The van der Waals surface area contributed by atoms with Gasteiger partial charge in [-0.2, -0.15) is 0 Å². The minimum Gasteiger partial charge on any atom is -0.382 e. The molecule has 3 N–H and O–H groups in total. The van der Waals surface area contributed by atoms with Gasteiger partial charge in [0.2, 0.25) is 0 Å². The summed E-state index contributed by atoms with van der Waals surface area (Å²) in [5.74, 6) is 0.507. The minimum atomic E-state index is 0.145. The van der Waals surface area contributed by atoms with E-state index in [2.05, 4.69) is 27.4 Å². The third kappa shape index (κ3) is 1.39. The fourth-order valence-electron chi connectivity index (χ4n) is 2.09. The van der Waals surface area contributed by atoms with Gasteiger partial charge in [-0.15, -0.1) is 0 Å². The first-order chi connectivity index (χ1) is 7.84. The van der Waals surface area contributed by atoms with Crippen molar-refractivity contribution in [3.05, 3.63) is 47.9 Å². The van der Waals surface area contributed by atoms with Gasteiger partial charge in [0.15, 0.2) is 0 Å². The monoisotopic (exact) mass is 212 g/mol. The van der Waals surface area contributed by atoms with Crippen LogP contribution in [0.2, 0.25) is 0 Å². The summed E-state index contributed by atoms with van der Waals surface area (Å²) in [6.45, 7) is 0. The quantitative estimate of drug-likeness (QED) is 0.756. The van der Waals surface area contributed by atoms with E-state index in [4.69, 9.17) is 5.73 Å². The number of rotatable bonds is 1. The molecular weight excluding hydrogens is 200 g/mol. The zero-order valence-electron chi connectivity index (χ0n) is 8.72. The molecule has 1 aromatic carbocycles. The lowest BCUT2D eigenvalue weighted by atomic mass is 10.1. The average Bonchev–Trinajstić information content (AvgIpc) is 2.73.